The van der Waals surface area contributed by atoms with E-state index in [1.54, 1.807) is 0 Å². The fourth-order valence-corrected chi connectivity index (χ4v) is 0.992. The molecule has 68 valence electrons. The first-order chi connectivity index (χ1) is 5.69. The van der Waals surface area contributed by atoms with Crippen LogP contribution in [0.15, 0.2) is 12.0 Å². The maximum atomic E-state index is 12.0. The highest BCUT2D eigenvalue weighted by atomic mass is 19.3. The molecule has 0 aromatic heterocycles. The molecule has 4 nitrogen and oxygen atoms in total. The Labute approximate surface area is 67.5 Å². The monoisotopic (exact) mass is 178 g/mol. The van der Waals surface area contributed by atoms with Gasteiger partial charge in [-0.15, -0.1) is 0 Å². The third-order valence-corrected chi connectivity index (χ3v) is 1.63. The fourth-order valence-electron chi connectivity index (χ4n) is 0.992. The standard InChI is InChI=1S/C6H8F2N2O2/c7-1-5(6(11)12-8)10-2-4(9)3-10/h1,4H,2-3,9H2. The number of nitrogens with two attached hydrogens (primary N) is 1. The maximum absolute atomic E-state index is 12.0. The summed E-state index contributed by atoms with van der Waals surface area (Å²) in [7, 11) is 0. The third-order valence-electron chi connectivity index (χ3n) is 1.63. The van der Waals surface area contributed by atoms with Gasteiger partial charge in [0.25, 0.3) is 0 Å². The van der Waals surface area contributed by atoms with Crippen LogP contribution in [0.25, 0.3) is 0 Å². The Hall–Kier alpha value is -1.17. The Bertz CT molecular complexity index is 214. The van der Waals surface area contributed by atoms with E-state index in [-0.39, 0.29) is 12.4 Å². The minimum Gasteiger partial charge on any atom is -0.360 e. The van der Waals surface area contributed by atoms with Crippen molar-refractivity contribution >= 4 is 5.97 Å². The highest BCUT2D eigenvalue weighted by Crippen LogP contribution is 2.15. The smallest absolute Gasteiger partial charge is 0.360 e. The van der Waals surface area contributed by atoms with Crippen LogP contribution in [0.4, 0.5) is 8.92 Å². The first-order valence-corrected chi connectivity index (χ1v) is 3.33. The fraction of sp³-hybridized carbons (Fsp3) is 0.500. The van der Waals surface area contributed by atoms with Gasteiger partial charge in [0.2, 0.25) is 0 Å². The number of nitrogens with zero attached hydrogens (tertiary/aromatic N) is 1. The molecular weight excluding hydrogens is 170 g/mol. The minimum absolute atomic E-state index is 0.00773. The Kier molecular flexibility index (Phi) is 2.59. The molecule has 1 aliphatic rings. The van der Waals surface area contributed by atoms with Crippen LogP contribution in [-0.4, -0.2) is 30.0 Å². The summed E-state index contributed by atoms with van der Waals surface area (Å²) in [4.78, 5) is 14.7. The maximum Gasteiger partial charge on any atom is 0.397 e. The van der Waals surface area contributed by atoms with Gasteiger partial charge in [-0.25, -0.2) is 14.1 Å². The molecule has 0 spiro atoms. The van der Waals surface area contributed by atoms with Gasteiger partial charge in [0.05, 0.1) is 0 Å². The van der Waals surface area contributed by atoms with Gasteiger partial charge in [0.1, 0.15) is 6.33 Å². The van der Waals surface area contributed by atoms with Gasteiger partial charge >= 0.3 is 5.97 Å². The van der Waals surface area contributed by atoms with Crippen molar-refractivity contribution in [2.45, 2.75) is 6.04 Å². The number of rotatable bonds is 2. The largest absolute Gasteiger partial charge is 0.397 e. The van der Waals surface area contributed by atoms with Crippen LogP contribution in [0.2, 0.25) is 0 Å². The average molecular weight is 178 g/mol. The molecule has 2 N–H and O–H groups in total. The van der Waals surface area contributed by atoms with Crippen LogP contribution >= 0.6 is 0 Å². The zero-order valence-corrected chi connectivity index (χ0v) is 6.17. The molecule has 0 unspecified atom stereocenters. The summed E-state index contributed by atoms with van der Waals surface area (Å²) in [5, 5.41) is 0. The van der Waals surface area contributed by atoms with Crippen LogP contribution in [0.1, 0.15) is 0 Å². The predicted molar refractivity (Wildman–Crippen MR) is 35.9 cm³/mol. The lowest BCUT2D eigenvalue weighted by Gasteiger charge is -2.38. The third kappa shape index (κ3) is 1.53. The van der Waals surface area contributed by atoms with Crippen molar-refractivity contribution in [1.29, 1.82) is 0 Å². The van der Waals surface area contributed by atoms with E-state index in [4.69, 9.17) is 5.73 Å². The zero-order chi connectivity index (χ0) is 9.14. The van der Waals surface area contributed by atoms with Gasteiger partial charge in [0.15, 0.2) is 5.70 Å². The van der Waals surface area contributed by atoms with Crippen molar-refractivity contribution in [2.75, 3.05) is 13.1 Å². The van der Waals surface area contributed by atoms with Crippen molar-refractivity contribution in [3.05, 3.63) is 12.0 Å². The SMILES string of the molecule is NC1CN(C(=CF)C(=O)OF)C1. The van der Waals surface area contributed by atoms with Crippen molar-refractivity contribution in [2.24, 2.45) is 5.73 Å². The Balaban J connectivity index is 2.53. The number of hydrogen-bond acceptors (Lipinski definition) is 4. The van der Waals surface area contributed by atoms with E-state index < -0.39 is 11.7 Å². The van der Waals surface area contributed by atoms with Crippen LogP contribution in [0.3, 0.4) is 0 Å². The summed E-state index contributed by atoms with van der Waals surface area (Å²) in [6.07, 6.45) is 0.00773. The number of carbonyl (C=O) groups is 1. The van der Waals surface area contributed by atoms with Gasteiger partial charge in [-0.3, -0.25) is 0 Å². The molecule has 12 heavy (non-hydrogen) atoms. The van der Waals surface area contributed by atoms with Gasteiger partial charge in [-0.05, 0) is 0 Å². The van der Waals surface area contributed by atoms with Crippen molar-refractivity contribution in [1.82, 2.24) is 4.90 Å². The van der Waals surface area contributed by atoms with E-state index in [0.717, 1.165) is 0 Å². The van der Waals surface area contributed by atoms with Crippen molar-refractivity contribution in [3.8, 4) is 0 Å². The lowest BCUT2D eigenvalue weighted by atomic mass is 10.1. The first kappa shape index (κ1) is 8.92. The first-order valence-electron chi connectivity index (χ1n) is 3.33. The molecule has 0 amide bonds. The average Bonchev–Trinajstić information content (AvgIpc) is 2.02. The topological polar surface area (TPSA) is 55.6 Å². The molecule has 0 aromatic rings. The minimum atomic E-state index is -1.33. The highest BCUT2D eigenvalue weighted by Gasteiger charge is 2.30. The summed E-state index contributed by atoms with van der Waals surface area (Å²) in [5.41, 5.74) is 4.93. The molecule has 0 radical (unpaired) electrons. The van der Waals surface area contributed by atoms with Gasteiger partial charge in [0, 0.05) is 23.7 Å². The second-order valence-electron chi connectivity index (χ2n) is 2.52. The van der Waals surface area contributed by atoms with Gasteiger partial charge < -0.3 is 10.6 Å². The Morgan fingerprint density at radius 2 is 2.25 bits per heavy atom. The number of carbonyl (C=O) groups excluding carboxylic acids is 1. The lowest BCUT2D eigenvalue weighted by Crippen LogP contribution is -2.55. The van der Waals surface area contributed by atoms with Crippen molar-refractivity contribution in [3.63, 3.8) is 0 Å². The molecule has 1 rings (SSSR count). The molecule has 0 saturated carbocycles. The molecule has 1 aliphatic heterocycles. The molecule has 1 heterocycles. The van der Waals surface area contributed by atoms with E-state index in [1.165, 1.54) is 4.90 Å². The zero-order valence-electron chi connectivity index (χ0n) is 6.17. The number of likely N-dealkylation sites (tertiary alicyclic amines) is 1. The quantitative estimate of drug-likeness (QED) is 0.598. The summed E-state index contributed by atoms with van der Waals surface area (Å²) in [6.45, 7) is 0.676. The number of halogens is 2. The Morgan fingerprint density at radius 3 is 2.58 bits per heavy atom. The van der Waals surface area contributed by atoms with E-state index in [9.17, 15) is 13.7 Å². The van der Waals surface area contributed by atoms with Crippen LogP contribution in [0, 0.1) is 0 Å². The van der Waals surface area contributed by atoms with E-state index in [2.05, 4.69) is 4.94 Å². The molecule has 1 saturated heterocycles. The summed E-state index contributed by atoms with van der Waals surface area (Å²) >= 11 is 0. The lowest BCUT2D eigenvalue weighted by molar-refractivity contribution is -0.181. The predicted octanol–water partition coefficient (Wildman–Crippen LogP) is -0.132. The summed E-state index contributed by atoms with van der Waals surface area (Å²) in [5.74, 6) is -1.33. The second kappa shape index (κ2) is 3.48. The highest BCUT2D eigenvalue weighted by molar-refractivity contribution is 5.87. The van der Waals surface area contributed by atoms with E-state index >= 15 is 0 Å². The summed E-state index contributed by atoms with van der Waals surface area (Å²) < 4.78 is 23.3. The molecule has 0 bridgehead atoms. The summed E-state index contributed by atoms with van der Waals surface area (Å²) in [6, 6.07) is -0.0904. The van der Waals surface area contributed by atoms with E-state index in [0.29, 0.717) is 13.1 Å². The molecule has 6 heteroatoms. The normalized spacial score (nSPS) is 18.9. The Morgan fingerprint density at radius 1 is 1.67 bits per heavy atom. The van der Waals surface area contributed by atoms with Crippen LogP contribution in [-0.2, 0) is 9.74 Å². The second-order valence-corrected chi connectivity index (χ2v) is 2.52. The van der Waals surface area contributed by atoms with Crippen LogP contribution < -0.4 is 5.73 Å². The molecule has 0 atom stereocenters. The number of hydrogen-bond donors (Lipinski definition) is 1. The van der Waals surface area contributed by atoms with Crippen molar-refractivity contribution < 1.29 is 18.7 Å². The van der Waals surface area contributed by atoms with Gasteiger partial charge in [-0.2, -0.15) is 0 Å². The van der Waals surface area contributed by atoms with E-state index in [1.807, 2.05) is 0 Å². The molecule has 1 fully saturated rings. The molecule has 0 aliphatic carbocycles. The van der Waals surface area contributed by atoms with Crippen LogP contribution in [0.5, 0.6) is 0 Å². The molecular formula is C6H8F2N2O2. The molecule has 0 aromatic carbocycles. The van der Waals surface area contributed by atoms with Gasteiger partial charge in [-0.1, -0.05) is 0 Å².